The predicted octanol–water partition coefficient (Wildman–Crippen LogP) is 3.73. The summed E-state index contributed by atoms with van der Waals surface area (Å²) in [5.74, 6) is 0.680. The first-order chi connectivity index (χ1) is 13.7. The zero-order valence-electron chi connectivity index (χ0n) is 16.0. The molecular weight excluding hydrogens is 354 g/mol. The van der Waals surface area contributed by atoms with E-state index >= 15 is 0 Å². The van der Waals surface area contributed by atoms with Crippen LogP contribution in [0.3, 0.4) is 0 Å². The summed E-state index contributed by atoms with van der Waals surface area (Å²) in [6, 6.07) is 11.5. The van der Waals surface area contributed by atoms with E-state index in [9.17, 15) is 4.79 Å². The summed E-state index contributed by atoms with van der Waals surface area (Å²) in [7, 11) is 0. The molecule has 1 aliphatic rings. The molecular formula is C21H25N5O2. The molecule has 1 amide bonds. The Kier molecular flexibility index (Phi) is 5.53. The molecule has 1 saturated carbocycles. The second-order valence-corrected chi connectivity index (χ2v) is 7.10. The lowest BCUT2D eigenvalue weighted by Crippen LogP contribution is -2.16. The summed E-state index contributed by atoms with van der Waals surface area (Å²) in [5.41, 5.74) is 3.33. The molecule has 1 aromatic carbocycles. The lowest BCUT2D eigenvalue weighted by atomic mass is 10.1. The van der Waals surface area contributed by atoms with Gasteiger partial charge >= 0.3 is 0 Å². The number of anilines is 2. The fraction of sp³-hybridized carbons (Fsp3) is 0.381. The predicted molar refractivity (Wildman–Crippen MR) is 109 cm³/mol. The Morgan fingerprint density at radius 1 is 1.25 bits per heavy atom. The molecule has 28 heavy (non-hydrogen) atoms. The normalized spacial score (nSPS) is 14.5. The summed E-state index contributed by atoms with van der Waals surface area (Å²) >= 11 is 0. The average Bonchev–Trinajstić information content (AvgIpc) is 3.34. The van der Waals surface area contributed by atoms with Crippen LogP contribution >= 0.6 is 0 Å². The molecule has 0 unspecified atom stereocenters. The first-order valence-corrected chi connectivity index (χ1v) is 9.77. The molecule has 4 rings (SSSR count). The standard InChI is InChI=1S/C21H25N5O2/c1-15(27)24-17-6-4-5-16(13-17)19-14-23-21-10-9-20(25-26(19)21)22-11-12-28-18-7-2-3-8-18/h4-6,9-10,13-14,18H,2-3,7-8,11-12H2,1H3,(H,22,25)(H,24,27). The van der Waals surface area contributed by atoms with Crippen molar-refractivity contribution < 1.29 is 9.53 Å². The molecule has 0 saturated heterocycles. The number of hydrogen-bond donors (Lipinski definition) is 2. The number of carbonyl (C=O) groups is 1. The topological polar surface area (TPSA) is 80.5 Å². The van der Waals surface area contributed by atoms with Crippen molar-refractivity contribution in [2.24, 2.45) is 0 Å². The van der Waals surface area contributed by atoms with Crippen LogP contribution < -0.4 is 10.6 Å². The number of nitrogens with one attached hydrogen (secondary N) is 2. The number of carbonyl (C=O) groups excluding carboxylic acids is 1. The van der Waals surface area contributed by atoms with E-state index in [0.29, 0.717) is 12.7 Å². The number of rotatable bonds is 7. The first kappa shape index (κ1) is 18.4. The van der Waals surface area contributed by atoms with Crippen LogP contribution in [0.5, 0.6) is 0 Å². The fourth-order valence-electron chi connectivity index (χ4n) is 3.58. The summed E-state index contributed by atoms with van der Waals surface area (Å²) in [4.78, 5) is 15.8. The average molecular weight is 379 g/mol. The van der Waals surface area contributed by atoms with Gasteiger partial charge in [0.05, 0.1) is 24.6 Å². The Morgan fingerprint density at radius 2 is 2.11 bits per heavy atom. The molecule has 2 heterocycles. The second-order valence-electron chi connectivity index (χ2n) is 7.10. The molecule has 0 spiro atoms. The summed E-state index contributed by atoms with van der Waals surface area (Å²) < 4.78 is 7.70. The van der Waals surface area contributed by atoms with Gasteiger partial charge in [0.1, 0.15) is 5.82 Å². The van der Waals surface area contributed by atoms with E-state index in [2.05, 4.69) is 20.7 Å². The number of aromatic nitrogens is 3. The van der Waals surface area contributed by atoms with E-state index in [0.717, 1.165) is 35.0 Å². The molecule has 7 nitrogen and oxygen atoms in total. The number of ether oxygens (including phenoxy) is 1. The molecule has 3 aromatic rings. The van der Waals surface area contributed by atoms with Gasteiger partial charge in [-0.3, -0.25) is 4.79 Å². The van der Waals surface area contributed by atoms with Crippen LogP contribution in [0.2, 0.25) is 0 Å². The van der Waals surface area contributed by atoms with Crippen molar-refractivity contribution in [3.05, 3.63) is 42.6 Å². The van der Waals surface area contributed by atoms with Gasteiger partial charge in [0.15, 0.2) is 5.65 Å². The Morgan fingerprint density at radius 3 is 2.93 bits per heavy atom. The second kappa shape index (κ2) is 8.39. The molecule has 1 aliphatic carbocycles. The minimum absolute atomic E-state index is 0.0975. The first-order valence-electron chi connectivity index (χ1n) is 9.77. The SMILES string of the molecule is CC(=O)Nc1cccc(-c2cnc3ccc(NCCOC4CCCC4)nn23)c1. The number of hydrogen-bond acceptors (Lipinski definition) is 5. The number of amides is 1. The summed E-state index contributed by atoms with van der Waals surface area (Å²) in [6.45, 7) is 2.90. The van der Waals surface area contributed by atoms with Gasteiger partial charge in [-0.1, -0.05) is 25.0 Å². The van der Waals surface area contributed by atoms with Crippen molar-refractivity contribution in [2.45, 2.75) is 38.7 Å². The van der Waals surface area contributed by atoms with Crippen LogP contribution in [0.15, 0.2) is 42.6 Å². The third-order valence-corrected chi connectivity index (χ3v) is 4.90. The van der Waals surface area contributed by atoms with Gasteiger partial charge in [0.25, 0.3) is 0 Å². The smallest absolute Gasteiger partial charge is 0.221 e. The van der Waals surface area contributed by atoms with Crippen LogP contribution in [0, 0.1) is 0 Å². The molecule has 2 aromatic heterocycles. The number of nitrogens with zero attached hydrogens (tertiary/aromatic N) is 3. The lowest BCUT2D eigenvalue weighted by molar-refractivity contribution is -0.114. The summed E-state index contributed by atoms with van der Waals surface area (Å²) in [5, 5.41) is 10.8. The highest BCUT2D eigenvalue weighted by molar-refractivity contribution is 5.89. The zero-order valence-corrected chi connectivity index (χ0v) is 16.0. The van der Waals surface area contributed by atoms with Gasteiger partial charge < -0.3 is 15.4 Å². The summed E-state index contributed by atoms with van der Waals surface area (Å²) in [6.07, 6.45) is 7.14. The van der Waals surface area contributed by atoms with Crippen LogP contribution in [-0.4, -0.2) is 39.8 Å². The Labute approximate surface area is 164 Å². The maximum Gasteiger partial charge on any atom is 0.221 e. The number of benzene rings is 1. The van der Waals surface area contributed by atoms with Crippen molar-refractivity contribution in [2.75, 3.05) is 23.8 Å². The van der Waals surface area contributed by atoms with Crippen molar-refractivity contribution in [3.8, 4) is 11.3 Å². The Bertz CT molecular complexity index is 962. The fourth-order valence-corrected chi connectivity index (χ4v) is 3.58. The highest BCUT2D eigenvalue weighted by Crippen LogP contribution is 2.24. The molecule has 0 aliphatic heterocycles. The lowest BCUT2D eigenvalue weighted by Gasteiger charge is -2.12. The van der Waals surface area contributed by atoms with Crippen molar-refractivity contribution >= 4 is 23.1 Å². The molecule has 146 valence electrons. The van der Waals surface area contributed by atoms with Crippen LogP contribution in [0.4, 0.5) is 11.5 Å². The molecule has 0 atom stereocenters. The van der Waals surface area contributed by atoms with Gasteiger partial charge in [-0.25, -0.2) is 9.50 Å². The van der Waals surface area contributed by atoms with Gasteiger partial charge in [0, 0.05) is 24.7 Å². The number of fused-ring (bicyclic) bond motifs is 1. The van der Waals surface area contributed by atoms with E-state index in [1.165, 1.54) is 32.6 Å². The van der Waals surface area contributed by atoms with E-state index in [1.807, 2.05) is 40.9 Å². The van der Waals surface area contributed by atoms with E-state index in [1.54, 1.807) is 6.20 Å². The minimum atomic E-state index is -0.0975. The van der Waals surface area contributed by atoms with E-state index < -0.39 is 0 Å². The monoisotopic (exact) mass is 379 g/mol. The molecule has 1 fully saturated rings. The quantitative estimate of drug-likeness (QED) is 0.612. The minimum Gasteiger partial charge on any atom is -0.376 e. The van der Waals surface area contributed by atoms with Crippen molar-refractivity contribution in [1.82, 2.24) is 14.6 Å². The molecule has 0 radical (unpaired) electrons. The van der Waals surface area contributed by atoms with Gasteiger partial charge in [-0.2, -0.15) is 0 Å². The third kappa shape index (κ3) is 4.31. The van der Waals surface area contributed by atoms with Crippen molar-refractivity contribution in [1.29, 1.82) is 0 Å². The highest BCUT2D eigenvalue weighted by Gasteiger charge is 2.14. The zero-order chi connectivity index (χ0) is 19.3. The Hall–Kier alpha value is -2.93. The van der Waals surface area contributed by atoms with E-state index in [-0.39, 0.29) is 5.91 Å². The van der Waals surface area contributed by atoms with Crippen LogP contribution in [0.1, 0.15) is 32.6 Å². The number of imidazole rings is 1. The van der Waals surface area contributed by atoms with Gasteiger partial charge in [-0.05, 0) is 37.1 Å². The molecule has 7 heteroatoms. The van der Waals surface area contributed by atoms with E-state index in [4.69, 9.17) is 4.74 Å². The van der Waals surface area contributed by atoms with Crippen LogP contribution in [0.25, 0.3) is 16.9 Å². The molecule has 0 bridgehead atoms. The third-order valence-electron chi connectivity index (χ3n) is 4.90. The highest BCUT2D eigenvalue weighted by atomic mass is 16.5. The van der Waals surface area contributed by atoms with Crippen LogP contribution in [-0.2, 0) is 9.53 Å². The largest absolute Gasteiger partial charge is 0.376 e. The van der Waals surface area contributed by atoms with Crippen molar-refractivity contribution in [3.63, 3.8) is 0 Å². The molecule has 2 N–H and O–H groups in total. The van der Waals surface area contributed by atoms with Gasteiger partial charge in [-0.15, -0.1) is 5.10 Å². The van der Waals surface area contributed by atoms with Gasteiger partial charge in [0.2, 0.25) is 5.91 Å². The maximum atomic E-state index is 11.3. The Balaban J connectivity index is 1.47. The maximum absolute atomic E-state index is 11.3.